The second-order valence-corrected chi connectivity index (χ2v) is 13.9. The number of rotatable bonds is 10. The number of hydrogen-bond donors (Lipinski definition) is 2. The molecule has 0 radical (unpaired) electrons. The van der Waals surface area contributed by atoms with Crippen molar-refractivity contribution in [2.45, 2.75) is 62.4 Å². The number of halogens is 3. The Hall–Kier alpha value is -3.76. The van der Waals surface area contributed by atoms with Crippen LogP contribution in [-0.2, 0) is 10.1 Å². The molecule has 0 aromatic heterocycles. The van der Waals surface area contributed by atoms with Gasteiger partial charge in [0.2, 0.25) is 0 Å². The number of anilines is 3. The lowest BCUT2D eigenvalue weighted by molar-refractivity contribution is -0.134. The van der Waals surface area contributed by atoms with E-state index in [1.807, 2.05) is 6.07 Å². The molecule has 2 fully saturated rings. The molecule has 10 heteroatoms. The quantitative estimate of drug-likeness (QED) is 0.102. The lowest BCUT2D eigenvalue weighted by Gasteiger charge is -2.26. The Morgan fingerprint density at radius 1 is 0.783 bits per heavy atom. The molecule has 0 aliphatic carbocycles. The predicted molar refractivity (Wildman–Crippen MR) is 179 cm³/mol. The SMILES string of the molecule is Cc1cc(N2CCCC2)ccc1C(c1ccc(N2CCCC2)cc1)c1ccc(NCCCC(F)(F)F)c2cc(S(=O)(=O)O)ccc12. The number of nitrogens with zero attached hydrogens (tertiary/aromatic N) is 2. The second kappa shape index (κ2) is 13.2. The van der Waals surface area contributed by atoms with Gasteiger partial charge in [0.1, 0.15) is 0 Å². The molecule has 4 aromatic carbocycles. The average molecular weight is 652 g/mol. The molecule has 6 rings (SSSR count). The summed E-state index contributed by atoms with van der Waals surface area (Å²) < 4.78 is 72.6. The van der Waals surface area contributed by atoms with Crippen LogP contribution in [0.25, 0.3) is 10.8 Å². The fraction of sp³-hybridized carbons (Fsp3) is 0.389. The molecule has 1 atom stereocenters. The van der Waals surface area contributed by atoms with Crippen LogP contribution in [0.3, 0.4) is 0 Å². The van der Waals surface area contributed by atoms with Gasteiger partial charge in [-0.25, -0.2) is 0 Å². The lowest BCUT2D eigenvalue weighted by Crippen LogP contribution is -2.18. The molecule has 2 saturated heterocycles. The summed E-state index contributed by atoms with van der Waals surface area (Å²) in [6, 6.07) is 23.5. The van der Waals surface area contributed by atoms with Gasteiger partial charge in [-0.2, -0.15) is 21.6 Å². The standard InChI is InChI=1S/C36H40F3N3O3S/c1-25-23-28(42-21-4-5-22-42)11-13-30(25)35(26-7-9-27(10-8-26)41-19-2-3-20-41)32-15-16-34(40-18-6-17-36(37,38)39)33-24-29(46(43,44)45)12-14-31(32)33/h7-16,23-24,35,40H,2-6,17-22H2,1H3,(H,43,44,45). The highest BCUT2D eigenvalue weighted by Gasteiger charge is 2.27. The van der Waals surface area contributed by atoms with Crippen molar-refractivity contribution >= 4 is 38.0 Å². The summed E-state index contributed by atoms with van der Waals surface area (Å²) in [5, 5.41) is 4.36. The van der Waals surface area contributed by atoms with Gasteiger partial charge >= 0.3 is 6.18 Å². The topological polar surface area (TPSA) is 72.9 Å². The Kier molecular flexibility index (Phi) is 9.21. The first kappa shape index (κ1) is 32.2. The first-order valence-electron chi connectivity index (χ1n) is 16.0. The van der Waals surface area contributed by atoms with Gasteiger partial charge in [-0.05, 0) is 109 Å². The van der Waals surface area contributed by atoms with Crippen molar-refractivity contribution in [3.8, 4) is 0 Å². The monoisotopic (exact) mass is 651 g/mol. The van der Waals surface area contributed by atoms with Gasteiger partial charge in [0.15, 0.2) is 0 Å². The molecular formula is C36H40F3N3O3S. The van der Waals surface area contributed by atoms with E-state index >= 15 is 0 Å². The summed E-state index contributed by atoms with van der Waals surface area (Å²) in [5.74, 6) is -0.210. The summed E-state index contributed by atoms with van der Waals surface area (Å²) in [4.78, 5) is 4.52. The van der Waals surface area contributed by atoms with Crippen LogP contribution < -0.4 is 15.1 Å². The van der Waals surface area contributed by atoms with Crippen molar-refractivity contribution in [2.75, 3.05) is 47.8 Å². The van der Waals surface area contributed by atoms with Crippen LogP contribution >= 0.6 is 0 Å². The van der Waals surface area contributed by atoms with Crippen LogP contribution in [0.5, 0.6) is 0 Å². The van der Waals surface area contributed by atoms with Crippen LogP contribution in [0.2, 0.25) is 0 Å². The van der Waals surface area contributed by atoms with E-state index in [1.165, 1.54) is 49.2 Å². The smallest absolute Gasteiger partial charge is 0.385 e. The highest BCUT2D eigenvalue weighted by Crippen LogP contribution is 2.42. The fourth-order valence-corrected chi connectivity index (χ4v) is 7.47. The number of aryl methyl sites for hydroxylation is 1. The molecule has 2 N–H and O–H groups in total. The number of benzene rings is 4. The molecule has 2 aliphatic rings. The molecule has 2 heterocycles. The van der Waals surface area contributed by atoms with Gasteiger partial charge in [-0.15, -0.1) is 0 Å². The van der Waals surface area contributed by atoms with Gasteiger partial charge in [-0.1, -0.05) is 30.3 Å². The zero-order valence-electron chi connectivity index (χ0n) is 26.0. The van der Waals surface area contributed by atoms with Crippen LogP contribution in [0, 0.1) is 6.92 Å². The van der Waals surface area contributed by atoms with Crippen LogP contribution in [0.15, 0.2) is 77.7 Å². The van der Waals surface area contributed by atoms with Gasteiger partial charge in [0, 0.05) is 67.5 Å². The minimum absolute atomic E-state index is 0.0581. The van der Waals surface area contributed by atoms with Crippen molar-refractivity contribution < 1.29 is 26.1 Å². The number of hydrogen-bond acceptors (Lipinski definition) is 5. The first-order chi connectivity index (χ1) is 22.0. The summed E-state index contributed by atoms with van der Waals surface area (Å²) in [6.07, 6.45) is -0.580. The van der Waals surface area contributed by atoms with E-state index in [1.54, 1.807) is 12.1 Å². The van der Waals surface area contributed by atoms with E-state index in [-0.39, 0.29) is 23.8 Å². The Bertz CT molecular complexity index is 1800. The summed E-state index contributed by atoms with van der Waals surface area (Å²) in [6.45, 7) is 6.34. The Balaban J connectivity index is 1.46. The predicted octanol–water partition coefficient (Wildman–Crippen LogP) is 8.53. The van der Waals surface area contributed by atoms with E-state index in [0.717, 1.165) is 53.8 Å². The molecule has 6 nitrogen and oxygen atoms in total. The molecule has 0 spiro atoms. The number of alkyl halides is 3. The van der Waals surface area contributed by atoms with E-state index in [4.69, 9.17) is 0 Å². The minimum atomic E-state index is -4.51. The molecule has 0 amide bonds. The normalized spacial score (nSPS) is 16.4. The number of fused-ring (bicyclic) bond motifs is 1. The molecule has 2 aliphatic heterocycles. The van der Waals surface area contributed by atoms with E-state index in [2.05, 4.69) is 64.5 Å². The van der Waals surface area contributed by atoms with E-state index < -0.39 is 22.7 Å². The van der Waals surface area contributed by atoms with Crippen molar-refractivity contribution in [1.82, 2.24) is 0 Å². The van der Waals surface area contributed by atoms with Gasteiger partial charge < -0.3 is 15.1 Å². The van der Waals surface area contributed by atoms with E-state index in [0.29, 0.717) is 11.1 Å². The maximum Gasteiger partial charge on any atom is 0.389 e. The summed E-state index contributed by atoms with van der Waals surface area (Å²) in [5.41, 5.74) is 7.15. The fourth-order valence-electron chi connectivity index (χ4n) is 6.96. The molecule has 46 heavy (non-hydrogen) atoms. The molecule has 0 saturated carbocycles. The van der Waals surface area contributed by atoms with Crippen molar-refractivity contribution in [2.24, 2.45) is 0 Å². The van der Waals surface area contributed by atoms with Gasteiger partial charge in [-0.3, -0.25) is 4.55 Å². The molecule has 0 bridgehead atoms. The van der Waals surface area contributed by atoms with Crippen LogP contribution in [0.4, 0.5) is 30.2 Å². The largest absolute Gasteiger partial charge is 0.389 e. The number of nitrogens with one attached hydrogen (secondary N) is 1. The Labute approximate surface area is 269 Å². The van der Waals surface area contributed by atoms with Crippen molar-refractivity contribution in [3.05, 3.63) is 95.1 Å². The van der Waals surface area contributed by atoms with Crippen molar-refractivity contribution in [1.29, 1.82) is 0 Å². The molecular weight excluding hydrogens is 611 g/mol. The first-order valence-corrected chi connectivity index (χ1v) is 17.5. The van der Waals surface area contributed by atoms with Crippen molar-refractivity contribution in [3.63, 3.8) is 0 Å². The van der Waals surface area contributed by atoms with Gasteiger partial charge in [0.05, 0.1) is 4.90 Å². The maximum absolute atomic E-state index is 12.8. The Morgan fingerprint density at radius 3 is 2.00 bits per heavy atom. The van der Waals surface area contributed by atoms with E-state index in [9.17, 15) is 26.1 Å². The highest BCUT2D eigenvalue weighted by molar-refractivity contribution is 7.85. The Morgan fingerprint density at radius 2 is 1.39 bits per heavy atom. The summed E-state index contributed by atoms with van der Waals surface area (Å²) >= 11 is 0. The second-order valence-electron chi connectivity index (χ2n) is 12.5. The summed E-state index contributed by atoms with van der Waals surface area (Å²) in [7, 11) is -4.51. The van der Waals surface area contributed by atoms with Crippen LogP contribution in [0.1, 0.15) is 66.7 Å². The minimum Gasteiger partial charge on any atom is -0.385 e. The zero-order valence-corrected chi connectivity index (χ0v) is 26.8. The lowest BCUT2D eigenvalue weighted by atomic mass is 9.80. The third-order valence-corrected chi connectivity index (χ3v) is 10.2. The zero-order chi connectivity index (χ0) is 32.5. The maximum atomic E-state index is 12.8. The highest BCUT2D eigenvalue weighted by atomic mass is 32.2. The third-order valence-electron chi connectivity index (χ3n) is 9.32. The molecule has 4 aromatic rings. The molecule has 1 unspecified atom stereocenters. The third kappa shape index (κ3) is 7.13. The van der Waals surface area contributed by atoms with Gasteiger partial charge in [0.25, 0.3) is 10.1 Å². The molecule has 244 valence electrons. The average Bonchev–Trinajstić information content (AvgIpc) is 3.76. The van der Waals surface area contributed by atoms with Crippen LogP contribution in [-0.4, -0.2) is 51.9 Å².